The molecule has 2 aliphatic heterocycles. The summed E-state index contributed by atoms with van der Waals surface area (Å²) < 4.78 is 39.0. The molecule has 3 heterocycles. The number of nitrogens with one attached hydrogen (secondary N) is 2. The minimum absolute atomic E-state index is 0.0974. The molecule has 0 spiro atoms. The van der Waals surface area contributed by atoms with Crippen molar-refractivity contribution in [2.75, 3.05) is 18.0 Å². The van der Waals surface area contributed by atoms with Gasteiger partial charge in [-0.05, 0) is 56.1 Å². The largest absolute Gasteiger partial charge is 0.433 e. The van der Waals surface area contributed by atoms with Crippen molar-refractivity contribution in [1.29, 1.82) is 0 Å². The summed E-state index contributed by atoms with van der Waals surface area (Å²) in [5.74, 6) is 1.77. The van der Waals surface area contributed by atoms with Crippen molar-refractivity contribution in [2.45, 2.75) is 69.2 Å². The second-order valence-electron chi connectivity index (χ2n) is 9.51. The Balaban J connectivity index is 1.21. The molecule has 4 fully saturated rings. The Morgan fingerprint density at radius 3 is 2.73 bits per heavy atom. The quantitative estimate of drug-likeness (QED) is 0.785. The Hall–Kier alpha value is -1.83. The first-order valence-electron chi connectivity index (χ1n) is 11.2. The number of carbonyl (C=O) groups excluding carboxylic acids is 1. The van der Waals surface area contributed by atoms with Crippen molar-refractivity contribution >= 4 is 11.7 Å². The fraction of sp³-hybridized carbons (Fsp3) is 0.727. The zero-order valence-electron chi connectivity index (χ0n) is 17.0. The first-order valence-corrected chi connectivity index (χ1v) is 11.2. The molecule has 1 aromatic heterocycles. The third-order valence-electron chi connectivity index (χ3n) is 7.71. The molecule has 3 unspecified atom stereocenters. The van der Waals surface area contributed by atoms with Crippen molar-refractivity contribution in [3.05, 3.63) is 23.9 Å². The number of fused-ring (bicyclic) bond motifs is 2. The molecule has 0 aromatic carbocycles. The van der Waals surface area contributed by atoms with Crippen molar-refractivity contribution in [3.8, 4) is 0 Å². The standard InChI is InChI=1S/C22H29F3N4O/c23-22(24,25)19-6-3-7-20(28-19)29-11-14-8-9-17(15(14)12-29)27-21(30)18-10-13-4-1-2-5-16(13)26-18/h3,6-7,13-18,26H,1-2,4-5,8-12H2,(H,27,30)/t13?,14-,15+,16?,17+,18?/m1/s1. The van der Waals surface area contributed by atoms with Gasteiger partial charge >= 0.3 is 6.18 Å². The number of aromatic nitrogens is 1. The fourth-order valence-electron chi connectivity index (χ4n) is 6.19. The molecule has 6 atom stereocenters. The van der Waals surface area contributed by atoms with E-state index in [9.17, 15) is 18.0 Å². The molecule has 0 bridgehead atoms. The van der Waals surface area contributed by atoms with E-state index in [0.717, 1.165) is 25.3 Å². The smallest absolute Gasteiger partial charge is 0.356 e. The van der Waals surface area contributed by atoms with Gasteiger partial charge in [0.1, 0.15) is 11.5 Å². The van der Waals surface area contributed by atoms with Crippen molar-refractivity contribution in [3.63, 3.8) is 0 Å². The first-order chi connectivity index (χ1) is 14.4. The molecule has 2 saturated carbocycles. The Morgan fingerprint density at radius 1 is 1.10 bits per heavy atom. The molecular weight excluding hydrogens is 393 g/mol. The van der Waals surface area contributed by atoms with E-state index in [4.69, 9.17) is 0 Å². The van der Waals surface area contributed by atoms with Crippen LogP contribution in [0.1, 0.15) is 50.6 Å². The van der Waals surface area contributed by atoms with Gasteiger partial charge in [-0.25, -0.2) is 4.98 Å². The number of hydrogen-bond donors (Lipinski definition) is 2. The summed E-state index contributed by atoms with van der Waals surface area (Å²) in [5, 5.41) is 6.82. The van der Waals surface area contributed by atoms with Gasteiger partial charge in [0.05, 0.1) is 6.04 Å². The molecule has 2 N–H and O–H groups in total. The topological polar surface area (TPSA) is 57.3 Å². The second kappa shape index (κ2) is 7.70. The molecule has 2 saturated heterocycles. The summed E-state index contributed by atoms with van der Waals surface area (Å²) in [6, 6.07) is 4.57. The summed E-state index contributed by atoms with van der Waals surface area (Å²) in [4.78, 5) is 18.7. The minimum atomic E-state index is -4.44. The number of alkyl halides is 3. The van der Waals surface area contributed by atoms with Crippen molar-refractivity contribution < 1.29 is 18.0 Å². The zero-order valence-corrected chi connectivity index (χ0v) is 17.0. The van der Waals surface area contributed by atoms with Gasteiger partial charge in [0.2, 0.25) is 5.91 Å². The van der Waals surface area contributed by atoms with Crippen LogP contribution in [0.5, 0.6) is 0 Å². The van der Waals surface area contributed by atoms with E-state index in [2.05, 4.69) is 15.6 Å². The molecule has 8 heteroatoms. The van der Waals surface area contributed by atoms with Crippen LogP contribution in [0.4, 0.5) is 19.0 Å². The molecule has 2 aliphatic carbocycles. The maximum Gasteiger partial charge on any atom is 0.433 e. The number of anilines is 1. The highest BCUT2D eigenvalue weighted by molar-refractivity contribution is 5.82. The highest BCUT2D eigenvalue weighted by Crippen LogP contribution is 2.40. The average molecular weight is 422 g/mol. The highest BCUT2D eigenvalue weighted by atomic mass is 19.4. The summed E-state index contributed by atoms with van der Waals surface area (Å²) >= 11 is 0. The Bertz CT molecular complexity index is 787. The van der Waals surface area contributed by atoms with Crippen LogP contribution in [0.2, 0.25) is 0 Å². The maximum atomic E-state index is 13.0. The predicted octanol–water partition coefficient (Wildman–Crippen LogP) is 3.35. The third kappa shape index (κ3) is 3.79. The lowest BCUT2D eigenvalue weighted by Gasteiger charge is -2.24. The zero-order chi connectivity index (χ0) is 20.9. The van der Waals surface area contributed by atoms with Gasteiger partial charge in [-0.15, -0.1) is 0 Å². The number of carbonyl (C=O) groups is 1. The van der Waals surface area contributed by atoms with Crippen LogP contribution in [0, 0.1) is 17.8 Å². The summed E-state index contributed by atoms with van der Waals surface area (Å²) in [6.45, 7) is 1.35. The first kappa shape index (κ1) is 20.1. The normalized spacial score (nSPS) is 35.9. The van der Waals surface area contributed by atoms with Crippen molar-refractivity contribution in [2.24, 2.45) is 17.8 Å². The molecule has 30 heavy (non-hydrogen) atoms. The number of halogens is 3. The number of amides is 1. The monoisotopic (exact) mass is 422 g/mol. The summed E-state index contributed by atoms with van der Waals surface area (Å²) in [6.07, 6.45) is 3.33. The van der Waals surface area contributed by atoms with Gasteiger partial charge in [-0.2, -0.15) is 13.2 Å². The maximum absolute atomic E-state index is 13.0. The van der Waals surface area contributed by atoms with Crippen molar-refractivity contribution in [1.82, 2.24) is 15.6 Å². The van der Waals surface area contributed by atoms with E-state index in [1.54, 1.807) is 6.07 Å². The Kier molecular flexibility index (Phi) is 5.16. The van der Waals surface area contributed by atoms with E-state index in [1.165, 1.54) is 31.7 Å². The second-order valence-corrected chi connectivity index (χ2v) is 9.51. The number of rotatable bonds is 3. The van der Waals surface area contributed by atoms with Gasteiger partial charge in [-0.1, -0.05) is 18.9 Å². The summed E-state index contributed by atoms with van der Waals surface area (Å²) in [7, 11) is 0. The molecule has 1 amide bonds. The van der Waals surface area contributed by atoms with Crippen LogP contribution in [0.3, 0.4) is 0 Å². The molecule has 164 valence electrons. The van der Waals surface area contributed by atoms with Gasteiger partial charge in [-0.3, -0.25) is 4.79 Å². The van der Waals surface area contributed by atoms with E-state index < -0.39 is 11.9 Å². The fourth-order valence-corrected chi connectivity index (χ4v) is 6.19. The molecule has 5 rings (SSSR count). The van der Waals surface area contributed by atoms with Crippen LogP contribution in [0.25, 0.3) is 0 Å². The van der Waals surface area contributed by atoms with E-state index in [0.29, 0.717) is 36.8 Å². The van der Waals surface area contributed by atoms with Crippen LogP contribution in [-0.2, 0) is 11.0 Å². The lowest BCUT2D eigenvalue weighted by molar-refractivity contribution is -0.141. The molecule has 0 radical (unpaired) electrons. The van der Waals surface area contributed by atoms with Crippen LogP contribution >= 0.6 is 0 Å². The van der Waals surface area contributed by atoms with E-state index in [-0.39, 0.29) is 23.9 Å². The number of pyridine rings is 1. The van der Waals surface area contributed by atoms with E-state index >= 15 is 0 Å². The van der Waals surface area contributed by atoms with Gasteiger partial charge in [0.25, 0.3) is 0 Å². The Labute approximate surface area is 174 Å². The van der Waals surface area contributed by atoms with Gasteiger partial charge in [0, 0.05) is 31.1 Å². The molecule has 1 aromatic rings. The molecular formula is C22H29F3N4O. The van der Waals surface area contributed by atoms with Crippen LogP contribution < -0.4 is 15.5 Å². The molecule has 4 aliphatic rings. The number of hydrogen-bond acceptors (Lipinski definition) is 4. The number of nitrogens with zero attached hydrogens (tertiary/aromatic N) is 2. The lowest BCUT2D eigenvalue weighted by Crippen LogP contribution is -2.48. The summed E-state index contributed by atoms with van der Waals surface area (Å²) in [5.41, 5.74) is -0.851. The van der Waals surface area contributed by atoms with E-state index in [1.807, 2.05) is 4.90 Å². The third-order valence-corrected chi connectivity index (χ3v) is 7.71. The van der Waals surface area contributed by atoms with Crippen LogP contribution in [0.15, 0.2) is 18.2 Å². The minimum Gasteiger partial charge on any atom is -0.356 e. The van der Waals surface area contributed by atoms with Crippen LogP contribution in [-0.4, -0.2) is 42.1 Å². The van der Waals surface area contributed by atoms with Gasteiger partial charge < -0.3 is 15.5 Å². The predicted molar refractivity (Wildman–Crippen MR) is 107 cm³/mol. The molecule has 5 nitrogen and oxygen atoms in total. The SMILES string of the molecule is O=C(N[C@H]1CC[C@@H]2CN(c3cccc(C(F)(F)F)n3)C[C@@H]21)C1CC2CCCCC2N1. The Morgan fingerprint density at radius 2 is 1.93 bits per heavy atom. The van der Waals surface area contributed by atoms with Gasteiger partial charge in [0.15, 0.2) is 0 Å². The average Bonchev–Trinajstić information content (AvgIpc) is 3.42. The lowest BCUT2D eigenvalue weighted by atomic mass is 9.85. The highest BCUT2D eigenvalue weighted by Gasteiger charge is 2.45.